The van der Waals surface area contributed by atoms with E-state index in [1.165, 1.54) is 47.8 Å². The number of hydrogen-bond acceptors (Lipinski definition) is 5. The Morgan fingerprint density at radius 3 is 2.52 bits per heavy atom. The molecule has 0 saturated heterocycles. The molecule has 3 N–H and O–H groups in total. The lowest BCUT2D eigenvalue weighted by Gasteiger charge is -2.57. The number of nitrogens with zero attached hydrogens (tertiary/aromatic N) is 3. The zero-order chi connectivity index (χ0) is 20.2. The zero-order valence-corrected chi connectivity index (χ0v) is 17.3. The Morgan fingerprint density at radius 2 is 1.90 bits per heavy atom. The van der Waals surface area contributed by atoms with Crippen molar-refractivity contribution < 1.29 is 9.18 Å². The molecule has 29 heavy (non-hydrogen) atoms. The number of rotatable bonds is 5. The average Bonchev–Trinajstić information content (AvgIpc) is 3.00. The molecule has 0 spiro atoms. The van der Waals surface area contributed by atoms with Crippen molar-refractivity contribution in [2.75, 3.05) is 5.84 Å². The summed E-state index contributed by atoms with van der Waals surface area (Å²) in [6.45, 7) is 1.87. The number of benzene rings is 1. The molecule has 2 aromatic rings. The second-order valence-electron chi connectivity index (χ2n) is 9.13. The fourth-order valence-electron chi connectivity index (χ4n) is 6.02. The fourth-order valence-corrected chi connectivity index (χ4v) is 6.79. The molecular formula is C21H26FN5OS. The lowest BCUT2D eigenvalue weighted by molar-refractivity contribution is -0.126. The summed E-state index contributed by atoms with van der Waals surface area (Å²) < 4.78 is 14.8. The number of aromatic nitrogens is 3. The maximum Gasteiger partial charge on any atom is 0.233 e. The van der Waals surface area contributed by atoms with E-state index in [0.29, 0.717) is 16.5 Å². The monoisotopic (exact) mass is 415 g/mol. The number of amides is 1. The van der Waals surface area contributed by atoms with E-state index >= 15 is 0 Å². The first-order chi connectivity index (χ1) is 13.9. The highest BCUT2D eigenvalue weighted by atomic mass is 32.2. The highest BCUT2D eigenvalue weighted by Crippen LogP contribution is 2.55. The summed E-state index contributed by atoms with van der Waals surface area (Å²) in [5, 5.41) is 11.7. The van der Waals surface area contributed by atoms with Crippen molar-refractivity contribution in [2.45, 2.75) is 61.4 Å². The smallest absolute Gasteiger partial charge is 0.233 e. The molecule has 0 radical (unpaired) electrons. The predicted octanol–water partition coefficient (Wildman–Crippen LogP) is 3.36. The van der Waals surface area contributed by atoms with Crippen LogP contribution in [0.3, 0.4) is 0 Å². The van der Waals surface area contributed by atoms with Gasteiger partial charge in [0.1, 0.15) is 5.82 Å². The minimum absolute atomic E-state index is 0.0102. The Bertz CT molecular complexity index is 910. The minimum atomic E-state index is -0.358. The van der Waals surface area contributed by atoms with Crippen LogP contribution in [-0.2, 0) is 4.79 Å². The van der Waals surface area contributed by atoms with Crippen LogP contribution in [0.1, 0.15) is 45.4 Å². The number of nitrogen functional groups attached to an aromatic ring is 1. The molecule has 1 heterocycles. The molecule has 4 aliphatic rings. The van der Waals surface area contributed by atoms with Crippen molar-refractivity contribution in [1.82, 2.24) is 20.2 Å². The van der Waals surface area contributed by atoms with Crippen LogP contribution in [0.4, 0.5) is 4.39 Å². The predicted molar refractivity (Wildman–Crippen MR) is 110 cm³/mol. The Balaban J connectivity index is 1.27. The first kappa shape index (κ1) is 18.9. The van der Waals surface area contributed by atoms with Gasteiger partial charge in [-0.25, -0.2) is 9.07 Å². The molecule has 1 atom stereocenters. The van der Waals surface area contributed by atoms with Gasteiger partial charge < -0.3 is 11.2 Å². The maximum absolute atomic E-state index is 13.5. The first-order valence-corrected chi connectivity index (χ1v) is 11.2. The third kappa shape index (κ3) is 3.52. The summed E-state index contributed by atoms with van der Waals surface area (Å²) in [6.07, 6.45) is 7.41. The van der Waals surface area contributed by atoms with E-state index in [2.05, 4.69) is 15.5 Å². The first-order valence-electron chi connectivity index (χ1n) is 10.4. The van der Waals surface area contributed by atoms with Gasteiger partial charge in [-0.3, -0.25) is 4.79 Å². The van der Waals surface area contributed by atoms with Gasteiger partial charge in [0.15, 0.2) is 5.82 Å². The summed E-state index contributed by atoms with van der Waals surface area (Å²) >= 11 is 1.29. The SMILES string of the molecule is C[C@H](Sc1nnc(-c2cccc(F)c2)n1N)C(=O)NC12CC3CC(CC(C3)C1)C2. The Hall–Kier alpha value is -2.09. The van der Waals surface area contributed by atoms with Crippen molar-refractivity contribution in [3.8, 4) is 11.4 Å². The normalized spacial score (nSPS) is 31.0. The Kier molecular flexibility index (Phi) is 4.57. The lowest BCUT2D eigenvalue weighted by atomic mass is 9.53. The topological polar surface area (TPSA) is 85.8 Å². The minimum Gasteiger partial charge on any atom is -0.350 e. The summed E-state index contributed by atoms with van der Waals surface area (Å²) in [4.78, 5) is 13.0. The number of carbonyl (C=O) groups is 1. The fraction of sp³-hybridized carbons (Fsp3) is 0.571. The van der Waals surface area contributed by atoms with E-state index < -0.39 is 0 Å². The number of thioether (sulfide) groups is 1. The van der Waals surface area contributed by atoms with Crippen LogP contribution in [0, 0.1) is 23.6 Å². The van der Waals surface area contributed by atoms with Crippen LogP contribution in [-0.4, -0.2) is 31.6 Å². The number of halogens is 1. The van der Waals surface area contributed by atoms with Crippen molar-refractivity contribution in [1.29, 1.82) is 0 Å². The highest BCUT2D eigenvalue weighted by Gasteiger charge is 2.51. The van der Waals surface area contributed by atoms with Crippen LogP contribution in [0.5, 0.6) is 0 Å². The van der Waals surface area contributed by atoms with Crippen molar-refractivity contribution in [3.63, 3.8) is 0 Å². The van der Waals surface area contributed by atoms with Gasteiger partial charge in [-0.15, -0.1) is 10.2 Å². The van der Waals surface area contributed by atoms with Crippen molar-refractivity contribution in [2.24, 2.45) is 17.8 Å². The molecule has 4 fully saturated rings. The molecule has 4 aliphatic carbocycles. The van der Waals surface area contributed by atoms with E-state index in [-0.39, 0.29) is 22.5 Å². The van der Waals surface area contributed by atoms with E-state index in [0.717, 1.165) is 37.0 Å². The molecule has 6 rings (SSSR count). The largest absolute Gasteiger partial charge is 0.350 e. The van der Waals surface area contributed by atoms with Crippen molar-refractivity contribution in [3.05, 3.63) is 30.1 Å². The van der Waals surface area contributed by atoms with Crippen LogP contribution < -0.4 is 11.2 Å². The molecule has 4 bridgehead atoms. The molecule has 1 amide bonds. The van der Waals surface area contributed by atoms with E-state index in [9.17, 15) is 9.18 Å². The summed E-state index contributed by atoms with van der Waals surface area (Å²) in [6, 6.07) is 6.07. The van der Waals surface area contributed by atoms with Crippen molar-refractivity contribution >= 4 is 17.7 Å². The molecule has 1 aromatic carbocycles. The van der Waals surface area contributed by atoms with E-state index in [1.54, 1.807) is 12.1 Å². The molecule has 8 heteroatoms. The summed E-state index contributed by atoms with van der Waals surface area (Å²) in [5.74, 6) is 8.54. The number of carbonyl (C=O) groups excluding carboxylic acids is 1. The molecular weight excluding hydrogens is 389 g/mol. The van der Waals surface area contributed by atoms with Crippen LogP contribution in [0.25, 0.3) is 11.4 Å². The number of hydrogen-bond donors (Lipinski definition) is 2. The van der Waals surface area contributed by atoms with Crippen LogP contribution in [0.2, 0.25) is 0 Å². The Labute approximate surface area is 173 Å². The Morgan fingerprint density at radius 1 is 1.24 bits per heavy atom. The molecule has 4 saturated carbocycles. The third-order valence-electron chi connectivity index (χ3n) is 6.83. The molecule has 1 aromatic heterocycles. The number of nitrogens with one attached hydrogen (secondary N) is 1. The molecule has 154 valence electrons. The van der Waals surface area contributed by atoms with E-state index in [4.69, 9.17) is 5.84 Å². The standard InChI is InChI=1S/C21H26FN5OS/c1-12(19(28)24-21-9-13-5-14(10-21)7-15(6-13)11-21)29-20-26-25-18(27(20)23)16-3-2-4-17(22)8-16/h2-4,8,12-15H,5-7,9-11,23H2,1H3,(H,24,28)/t12-,13?,14?,15?,21?/m0/s1. The number of nitrogens with two attached hydrogens (primary N) is 1. The highest BCUT2D eigenvalue weighted by molar-refractivity contribution is 8.00. The summed E-state index contributed by atoms with van der Waals surface area (Å²) in [7, 11) is 0. The molecule has 0 unspecified atom stereocenters. The van der Waals surface area contributed by atoms with Crippen LogP contribution in [0.15, 0.2) is 29.4 Å². The zero-order valence-electron chi connectivity index (χ0n) is 16.5. The van der Waals surface area contributed by atoms with Gasteiger partial charge >= 0.3 is 0 Å². The van der Waals surface area contributed by atoms with Gasteiger partial charge in [-0.1, -0.05) is 23.9 Å². The van der Waals surface area contributed by atoms with Gasteiger partial charge in [0.25, 0.3) is 0 Å². The maximum atomic E-state index is 13.5. The second kappa shape index (κ2) is 7.00. The quantitative estimate of drug-likeness (QED) is 0.578. The lowest BCUT2D eigenvalue weighted by Crippen LogP contribution is -2.60. The third-order valence-corrected chi connectivity index (χ3v) is 7.88. The van der Waals surface area contributed by atoms with Gasteiger partial charge in [0, 0.05) is 11.1 Å². The summed E-state index contributed by atoms with van der Waals surface area (Å²) in [5.41, 5.74) is 0.543. The second-order valence-corrected chi connectivity index (χ2v) is 10.4. The molecule has 0 aliphatic heterocycles. The molecule has 6 nitrogen and oxygen atoms in total. The van der Waals surface area contributed by atoms with Crippen LogP contribution >= 0.6 is 11.8 Å². The van der Waals surface area contributed by atoms with Gasteiger partial charge in [-0.05, 0) is 75.3 Å². The van der Waals surface area contributed by atoms with Gasteiger partial charge in [0.2, 0.25) is 11.1 Å². The van der Waals surface area contributed by atoms with Gasteiger partial charge in [0.05, 0.1) is 5.25 Å². The van der Waals surface area contributed by atoms with Gasteiger partial charge in [-0.2, -0.15) is 0 Å². The average molecular weight is 416 g/mol. The van der Waals surface area contributed by atoms with E-state index in [1.807, 2.05) is 6.92 Å².